The number of rotatable bonds is 6. The first kappa shape index (κ1) is 12.6. The van der Waals surface area contributed by atoms with Crippen LogP contribution in [0.2, 0.25) is 0 Å². The largest absolute Gasteiger partial charge is 0.229 e. The van der Waals surface area contributed by atoms with E-state index < -0.39 is 14.2 Å². The zero-order valence-corrected chi connectivity index (χ0v) is 10.6. The molecule has 1 atom stereocenters. The summed E-state index contributed by atoms with van der Waals surface area (Å²) in [6.45, 7) is 2.05. The number of hydrogen-bond donors (Lipinski definition) is 0. The van der Waals surface area contributed by atoms with E-state index in [1.165, 1.54) is 0 Å². The minimum Gasteiger partial charge on any atom is -0.229 e. The Kier molecular flexibility index (Phi) is 4.12. The van der Waals surface area contributed by atoms with Gasteiger partial charge in [-0.1, -0.05) is 19.8 Å². The smallest absolute Gasteiger partial charge is 0.150 e. The maximum absolute atomic E-state index is 11.5. The summed E-state index contributed by atoms with van der Waals surface area (Å²) in [4.78, 5) is 0. The van der Waals surface area contributed by atoms with Crippen molar-refractivity contribution in [2.45, 2.75) is 36.9 Å². The van der Waals surface area contributed by atoms with Crippen LogP contribution in [-0.4, -0.2) is 24.3 Å². The molecule has 0 bridgehead atoms. The van der Waals surface area contributed by atoms with E-state index in [1.54, 1.807) is 0 Å². The second-order valence-corrected chi connectivity index (χ2v) is 7.75. The van der Waals surface area contributed by atoms with E-state index in [4.69, 9.17) is 23.2 Å². The van der Waals surface area contributed by atoms with Gasteiger partial charge in [-0.2, -0.15) is 0 Å². The molecule has 84 valence electrons. The van der Waals surface area contributed by atoms with E-state index in [1.807, 2.05) is 0 Å². The fraction of sp³-hybridized carbons (Fsp3) is 1.00. The van der Waals surface area contributed by atoms with Crippen LogP contribution in [0.5, 0.6) is 0 Å². The summed E-state index contributed by atoms with van der Waals surface area (Å²) in [6.07, 6.45) is 3.37. The fourth-order valence-corrected chi connectivity index (χ4v) is 3.95. The molecule has 0 N–H and O–H groups in total. The molecule has 0 radical (unpaired) electrons. The van der Waals surface area contributed by atoms with Crippen molar-refractivity contribution < 1.29 is 8.42 Å². The molecule has 1 aliphatic rings. The molecule has 14 heavy (non-hydrogen) atoms. The van der Waals surface area contributed by atoms with Crippen molar-refractivity contribution in [2.75, 3.05) is 11.5 Å². The quantitative estimate of drug-likeness (QED) is 0.543. The second kappa shape index (κ2) is 4.58. The van der Waals surface area contributed by atoms with E-state index in [0.29, 0.717) is 6.42 Å². The Morgan fingerprint density at radius 3 is 2.36 bits per heavy atom. The van der Waals surface area contributed by atoms with Crippen molar-refractivity contribution in [3.05, 3.63) is 0 Å². The monoisotopic (exact) mass is 258 g/mol. The van der Waals surface area contributed by atoms with Gasteiger partial charge in [0.2, 0.25) is 0 Å². The summed E-state index contributed by atoms with van der Waals surface area (Å²) in [7, 11) is -2.93. The molecule has 1 fully saturated rings. The van der Waals surface area contributed by atoms with Gasteiger partial charge in [-0.15, -0.1) is 23.2 Å². The first-order valence-electron chi connectivity index (χ1n) is 4.95. The van der Waals surface area contributed by atoms with Gasteiger partial charge in [0.05, 0.1) is 11.5 Å². The Balaban J connectivity index is 2.29. The zero-order chi connectivity index (χ0) is 10.8. The van der Waals surface area contributed by atoms with Crippen LogP contribution in [0, 0.1) is 5.92 Å². The zero-order valence-electron chi connectivity index (χ0n) is 8.30. The average Bonchev–Trinajstić information content (AvgIpc) is 2.57. The third kappa shape index (κ3) is 3.95. The fourth-order valence-electron chi connectivity index (χ4n) is 1.41. The summed E-state index contributed by atoms with van der Waals surface area (Å²) < 4.78 is 22.3. The molecule has 0 spiro atoms. The van der Waals surface area contributed by atoms with E-state index in [0.717, 1.165) is 19.3 Å². The molecule has 0 heterocycles. The predicted octanol–water partition coefficient (Wildman–Crippen LogP) is 2.79. The van der Waals surface area contributed by atoms with E-state index in [-0.39, 0.29) is 17.4 Å². The van der Waals surface area contributed by atoms with Gasteiger partial charge in [-0.05, 0) is 12.8 Å². The Morgan fingerprint density at radius 2 is 1.93 bits per heavy atom. The highest BCUT2D eigenvalue weighted by molar-refractivity contribution is 7.91. The van der Waals surface area contributed by atoms with Gasteiger partial charge in [-0.3, -0.25) is 0 Å². The van der Waals surface area contributed by atoms with Crippen LogP contribution in [0.1, 0.15) is 32.6 Å². The minimum absolute atomic E-state index is 0.0440. The highest BCUT2D eigenvalue weighted by Gasteiger charge is 2.53. The lowest BCUT2D eigenvalue weighted by Gasteiger charge is -2.03. The molecule has 5 heteroatoms. The van der Waals surface area contributed by atoms with E-state index in [2.05, 4.69) is 6.92 Å². The Morgan fingerprint density at radius 1 is 1.36 bits per heavy atom. The van der Waals surface area contributed by atoms with Crippen molar-refractivity contribution in [1.82, 2.24) is 0 Å². The van der Waals surface area contributed by atoms with Crippen molar-refractivity contribution >= 4 is 33.0 Å². The number of alkyl halides is 2. The maximum atomic E-state index is 11.5. The lowest BCUT2D eigenvalue weighted by molar-refractivity contribution is 0.587. The third-order valence-corrected chi connectivity index (χ3v) is 5.22. The molecule has 0 saturated heterocycles. The minimum atomic E-state index is -2.93. The molecule has 0 amide bonds. The Bertz CT molecular complexity index is 285. The maximum Gasteiger partial charge on any atom is 0.150 e. The first-order valence-corrected chi connectivity index (χ1v) is 7.53. The second-order valence-electron chi connectivity index (χ2n) is 3.98. The number of halogens is 2. The van der Waals surface area contributed by atoms with Crippen LogP contribution in [-0.2, 0) is 9.84 Å². The van der Waals surface area contributed by atoms with Crippen LogP contribution in [0.15, 0.2) is 0 Å². The van der Waals surface area contributed by atoms with Crippen LogP contribution in [0.25, 0.3) is 0 Å². The predicted molar refractivity (Wildman–Crippen MR) is 60.7 cm³/mol. The third-order valence-electron chi connectivity index (χ3n) is 2.47. The molecule has 2 nitrogen and oxygen atoms in total. The number of sulfone groups is 1. The lowest BCUT2D eigenvalue weighted by Crippen LogP contribution is -2.14. The molecule has 0 aromatic heterocycles. The van der Waals surface area contributed by atoms with Crippen LogP contribution >= 0.6 is 23.2 Å². The van der Waals surface area contributed by atoms with Crippen molar-refractivity contribution in [1.29, 1.82) is 0 Å². The van der Waals surface area contributed by atoms with Gasteiger partial charge in [0.25, 0.3) is 0 Å². The summed E-state index contributed by atoms with van der Waals surface area (Å²) in [5.41, 5.74) is 0. The van der Waals surface area contributed by atoms with Gasteiger partial charge in [-0.25, -0.2) is 8.42 Å². The summed E-state index contributed by atoms with van der Waals surface area (Å²) in [6, 6.07) is 0. The SMILES string of the molecule is CCCCCS(=O)(=O)C[C@@H]1CC1(Cl)Cl. The van der Waals surface area contributed by atoms with E-state index in [9.17, 15) is 8.42 Å². The van der Waals surface area contributed by atoms with Gasteiger partial charge >= 0.3 is 0 Å². The van der Waals surface area contributed by atoms with Gasteiger partial charge in [0.15, 0.2) is 9.84 Å². The Hall–Kier alpha value is 0.530. The topological polar surface area (TPSA) is 34.1 Å². The van der Waals surface area contributed by atoms with Crippen molar-refractivity contribution in [3.63, 3.8) is 0 Å². The van der Waals surface area contributed by atoms with Crippen LogP contribution in [0.3, 0.4) is 0 Å². The molecule has 1 saturated carbocycles. The number of unbranched alkanes of at least 4 members (excludes halogenated alkanes) is 2. The number of hydrogen-bond acceptors (Lipinski definition) is 2. The molecule has 0 aromatic carbocycles. The molecule has 0 aliphatic heterocycles. The van der Waals surface area contributed by atoms with Crippen LogP contribution < -0.4 is 0 Å². The average molecular weight is 259 g/mol. The molecule has 0 aromatic rings. The molecule has 0 unspecified atom stereocenters. The van der Waals surface area contributed by atoms with Gasteiger partial charge in [0, 0.05) is 5.92 Å². The molecule has 1 aliphatic carbocycles. The van der Waals surface area contributed by atoms with Crippen LogP contribution in [0.4, 0.5) is 0 Å². The molecule has 1 rings (SSSR count). The van der Waals surface area contributed by atoms with Crippen molar-refractivity contribution in [2.24, 2.45) is 5.92 Å². The highest BCUT2D eigenvalue weighted by Crippen LogP contribution is 2.53. The highest BCUT2D eigenvalue weighted by atomic mass is 35.5. The van der Waals surface area contributed by atoms with Gasteiger partial charge in [0.1, 0.15) is 4.33 Å². The normalized spacial score (nSPS) is 24.9. The van der Waals surface area contributed by atoms with Crippen molar-refractivity contribution in [3.8, 4) is 0 Å². The summed E-state index contributed by atoms with van der Waals surface area (Å²) in [5, 5.41) is 0. The van der Waals surface area contributed by atoms with Gasteiger partial charge < -0.3 is 0 Å². The Labute approximate surface area is 95.9 Å². The summed E-state index contributed by atoms with van der Waals surface area (Å²) in [5.74, 6) is 0.391. The molecular formula is C9H16Cl2O2S. The lowest BCUT2D eigenvalue weighted by atomic mass is 10.3. The first-order chi connectivity index (χ1) is 6.37. The standard InChI is InChI=1S/C9H16Cl2O2S/c1-2-3-4-5-14(12,13)7-8-6-9(8,10)11/h8H,2-7H2,1H3/t8-/m0/s1. The summed E-state index contributed by atoms with van der Waals surface area (Å²) >= 11 is 11.6. The molecular weight excluding hydrogens is 243 g/mol. The van der Waals surface area contributed by atoms with E-state index >= 15 is 0 Å².